The van der Waals surface area contributed by atoms with Crippen LogP contribution in [0, 0.1) is 0 Å². The normalized spacial score (nSPS) is 20.1. The Morgan fingerprint density at radius 3 is 1.58 bits per heavy atom. The fourth-order valence-electron chi connectivity index (χ4n) is 8.25. The lowest BCUT2D eigenvalue weighted by atomic mass is 9.99. The molecule has 11 heteroatoms. The summed E-state index contributed by atoms with van der Waals surface area (Å²) in [5.41, 5.74) is 0. The van der Waals surface area contributed by atoms with Gasteiger partial charge in [0.1, 0.15) is 24.4 Å². The molecule has 0 aliphatic carbocycles. The SMILES string of the molecule is CC/C=C\C/C=C\C/C=C\C/C=C\C/C=C\C/C=C\CCCCCCC(=O)OC1C(OCC(NC(=O)C(O)CCCC\C=C/C=C\C=C\C=C\CC)C(O)/C=C/CCCCCCCCCCCC)OC(CO)C(O)C1O. The highest BCUT2D eigenvalue weighted by Gasteiger charge is 2.47. The number of rotatable bonds is 47. The van der Waals surface area contributed by atoms with Gasteiger partial charge in [0.2, 0.25) is 5.91 Å². The third-order valence-corrected chi connectivity index (χ3v) is 12.9. The van der Waals surface area contributed by atoms with E-state index in [0.29, 0.717) is 12.8 Å². The van der Waals surface area contributed by atoms with Crippen molar-refractivity contribution in [1.82, 2.24) is 5.32 Å². The van der Waals surface area contributed by atoms with Crippen LogP contribution in [0.5, 0.6) is 0 Å². The number of carbonyl (C=O) groups is 2. The average molecular weight is 1060 g/mol. The Labute approximate surface area is 461 Å². The minimum atomic E-state index is -1.64. The smallest absolute Gasteiger partial charge is 0.306 e. The summed E-state index contributed by atoms with van der Waals surface area (Å²) < 4.78 is 17.5. The first kappa shape index (κ1) is 69.8. The van der Waals surface area contributed by atoms with Crippen LogP contribution in [0.4, 0.5) is 0 Å². The standard InChI is InChI=1S/C65H105NO10/c1-4-7-10-13-16-19-22-25-26-27-28-29-30-31-32-33-34-35-38-41-44-47-50-53-60(70)76-63-62(72)61(71)59(54-67)75-65(63)74-55-56(57(68)51-48-45-42-39-36-23-20-17-14-11-8-5-2)66-64(73)58(69)52-49-46-43-40-37-24-21-18-15-12-9-6-3/h7,9-10,12,15-16,18-19,21,24-26,28-29,31-32,34-35,37,40,48,51,56-59,61-63,65,67-69,71-72H,4-6,8,11,13-14,17,20,22-23,27,30,33,36,38-39,41-47,49-50,52-55H2,1-3H3,(H,66,73)/b10-7-,12-9+,18-15+,19-16-,24-21-,26-25-,29-28-,32-31-,35-34-,40-37-,51-48+. The number of nitrogens with one attached hydrogen (secondary N) is 1. The highest BCUT2D eigenvalue weighted by Crippen LogP contribution is 2.26. The number of hydrogen-bond donors (Lipinski definition) is 6. The number of carbonyl (C=O) groups excluding carboxylic acids is 2. The number of esters is 1. The van der Waals surface area contributed by atoms with Gasteiger partial charge >= 0.3 is 5.97 Å². The lowest BCUT2D eigenvalue weighted by molar-refractivity contribution is -0.305. The molecule has 8 atom stereocenters. The molecule has 11 nitrogen and oxygen atoms in total. The van der Waals surface area contributed by atoms with Crippen LogP contribution in [-0.2, 0) is 23.8 Å². The lowest BCUT2D eigenvalue weighted by Crippen LogP contribution is -2.61. The average Bonchev–Trinajstić information content (AvgIpc) is 3.42. The molecule has 1 heterocycles. The maximum atomic E-state index is 13.3. The molecule has 0 bridgehead atoms. The maximum Gasteiger partial charge on any atom is 0.306 e. The van der Waals surface area contributed by atoms with Gasteiger partial charge in [0.25, 0.3) is 0 Å². The molecule has 76 heavy (non-hydrogen) atoms. The number of unbranched alkanes of at least 4 members (excludes halogenated alkanes) is 16. The van der Waals surface area contributed by atoms with E-state index >= 15 is 0 Å². The van der Waals surface area contributed by atoms with Crippen LogP contribution in [0.3, 0.4) is 0 Å². The first-order valence-corrected chi connectivity index (χ1v) is 29.5. The second-order valence-electron chi connectivity index (χ2n) is 19.7. The van der Waals surface area contributed by atoms with Crippen LogP contribution in [0.2, 0.25) is 0 Å². The van der Waals surface area contributed by atoms with Gasteiger partial charge in [0.05, 0.1) is 25.4 Å². The molecule has 0 aromatic carbocycles. The first-order valence-electron chi connectivity index (χ1n) is 29.5. The van der Waals surface area contributed by atoms with E-state index in [0.717, 1.165) is 109 Å². The van der Waals surface area contributed by atoms with Gasteiger partial charge in [0.15, 0.2) is 12.4 Å². The second-order valence-corrected chi connectivity index (χ2v) is 19.7. The first-order chi connectivity index (χ1) is 37.2. The molecule has 1 fully saturated rings. The Morgan fingerprint density at radius 2 is 1.01 bits per heavy atom. The monoisotopic (exact) mass is 1060 g/mol. The van der Waals surface area contributed by atoms with Gasteiger partial charge in [0, 0.05) is 6.42 Å². The van der Waals surface area contributed by atoms with E-state index in [1.807, 2.05) is 48.6 Å². The summed E-state index contributed by atoms with van der Waals surface area (Å²) in [5, 5.41) is 56.8. The molecule has 1 aliphatic heterocycles. The summed E-state index contributed by atoms with van der Waals surface area (Å²) in [6.07, 6.45) is 62.1. The molecule has 1 amide bonds. The molecule has 430 valence electrons. The van der Waals surface area contributed by atoms with E-state index in [1.165, 1.54) is 44.9 Å². The summed E-state index contributed by atoms with van der Waals surface area (Å²) in [6, 6.07) is -1.06. The fraction of sp³-hybridized carbons (Fsp3) is 0.631. The van der Waals surface area contributed by atoms with Crippen molar-refractivity contribution < 1.29 is 49.3 Å². The number of ether oxygens (including phenoxy) is 3. The van der Waals surface area contributed by atoms with Gasteiger partial charge in [-0.2, -0.15) is 0 Å². The van der Waals surface area contributed by atoms with Crippen molar-refractivity contribution in [2.75, 3.05) is 13.2 Å². The Balaban J connectivity index is 2.71. The van der Waals surface area contributed by atoms with E-state index in [4.69, 9.17) is 14.2 Å². The zero-order valence-corrected chi connectivity index (χ0v) is 47.3. The third kappa shape index (κ3) is 39.2. The highest BCUT2D eigenvalue weighted by molar-refractivity contribution is 5.80. The Kier molecular flexibility index (Phi) is 47.4. The van der Waals surface area contributed by atoms with Crippen LogP contribution < -0.4 is 5.32 Å². The Morgan fingerprint density at radius 1 is 0.539 bits per heavy atom. The minimum absolute atomic E-state index is 0.0800. The molecule has 0 radical (unpaired) electrons. The summed E-state index contributed by atoms with van der Waals surface area (Å²) >= 11 is 0. The third-order valence-electron chi connectivity index (χ3n) is 12.9. The van der Waals surface area contributed by atoms with Crippen molar-refractivity contribution >= 4 is 11.9 Å². The molecule has 0 aromatic rings. The molecule has 1 aliphatic rings. The van der Waals surface area contributed by atoms with Crippen LogP contribution in [0.1, 0.15) is 201 Å². The molecular formula is C65H105NO10. The summed E-state index contributed by atoms with van der Waals surface area (Å²) in [6.45, 7) is 5.46. The van der Waals surface area contributed by atoms with Crippen LogP contribution in [-0.4, -0.2) is 99.6 Å². The van der Waals surface area contributed by atoms with E-state index in [2.05, 4.69) is 105 Å². The summed E-state index contributed by atoms with van der Waals surface area (Å²) in [4.78, 5) is 26.5. The quantitative estimate of drug-likeness (QED) is 0.0149. The van der Waals surface area contributed by atoms with Gasteiger partial charge in [-0.3, -0.25) is 9.59 Å². The van der Waals surface area contributed by atoms with Crippen molar-refractivity contribution in [1.29, 1.82) is 0 Å². The molecule has 1 saturated heterocycles. The fourth-order valence-corrected chi connectivity index (χ4v) is 8.25. The molecule has 1 rings (SSSR count). The number of allylic oxidation sites excluding steroid dienone is 21. The van der Waals surface area contributed by atoms with Crippen molar-refractivity contribution in [2.24, 2.45) is 0 Å². The predicted molar refractivity (Wildman–Crippen MR) is 314 cm³/mol. The molecule has 8 unspecified atom stereocenters. The number of hydrogen-bond acceptors (Lipinski definition) is 10. The van der Waals surface area contributed by atoms with E-state index < -0.39 is 67.4 Å². The van der Waals surface area contributed by atoms with Crippen LogP contribution in [0.25, 0.3) is 0 Å². The Bertz CT molecular complexity index is 1740. The summed E-state index contributed by atoms with van der Waals surface area (Å²) in [5.74, 6) is -1.28. The lowest BCUT2D eigenvalue weighted by Gasteiger charge is -2.41. The van der Waals surface area contributed by atoms with Crippen molar-refractivity contribution in [2.45, 2.75) is 250 Å². The topological polar surface area (TPSA) is 175 Å². The molecule has 0 spiro atoms. The van der Waals surface area contributed by atoms with Crippen LogP contribution >= 0.6 is 0 Å². The van der Waals surface area contributed by atoms with Crippen molar-refractivity contribution in [3.8, 4) is 0 Å². The largest absolute Gasteiger partial charge is 0.454 e. The van der Waals surface area contributed by atoms with E-state index in [1.54, 1.807) is 6.08 Å². The Hall–Kier alpha value is -4.20. The van der Waals surface area contributed by atoms with Crippen molar-refractivity contribution in [3.05, 3.63) is 134 Å². The minimum Gasteiger partial charge on any atom is -0.454 e. The second kappa shape index (κ2) is 51.6. The van der Waals surface area contributed by atoms with E-state index in [9.17, 15) is 35.1 Å². The van der Waals surface area contributed by atoms with E-state index in [-0.39, 0.29) is 19.4 Å². The van der Waals surface area contributed by atoms with Gasteiger partial charge in [-0.25, -0.2) is 0 Å². The predicted octanol–water partition coefficient (Wildman–Crippen LogP) is 13.7. The van der Waals surface area contributed by atoms with Gasteiger partial charge in [-0.1, -0.05) is 231 Å². The van der Waals surface area contributed by atoms with Gasteiger partial charge in [-0.05, 0) is 96.3 Å². The van der Waals surface area contributed by atoms with Gasteiger partial charge in [-0.15, -0.1) is 0 Å². The number of aliphatic hydroxyl groups is 5. The van der Waals surface area contributed by atoms with Crippen LogP contribution in [0.15, 0.2) is 134 Å². The molecule has 0 saturated carbocycles. The van der Waals surface area contributed by atoms with Crippen molar-refractivity contribution in [3.63, 3.8) is 0 Å². The molecule has 0 aromatic heterocycles. The summed E-state index contributed by atoms with van der Waals surface area (Å²) in [7, 11) is 0. The zero-order valence-electron chi connectivity index (χ0n) is 47.3. The number of amides is 1. The molecule has 6 N–H and O–H groups in total. The van der Waals surface area contributed by atoms with Gasteiger partial charge < -0.3 is 45.1 Å². The highest BCUT2D eigenvalue weighted by atomic mass is 16.7. The zero-order chi connectivity index (χ0) is 55.4. The number of aliphatic hydroxyl groups excluding tert-OH is 5. The molecular weight excluding hydrogens is 955 g/mol. The maximum absolute atomic E-state index is 13.3.